The fourth-order valence-electron chi connectivity index (χ4n) is 2.16. The highest BCUT2D eigenvalue weighted by atomic mass is 16.7. The number of aliphatic hydroxyl groups is 2. The monoisotopic (exact) mass is 364 g/mol. The molecule has 1 rings (SSSR count). The maximum absolute atomic E-state index is 11.8. The second kappa shape index (κ2) is 9.17. The molecule has 11 heteroatoms. The fraction of sp³-hybridized carbons (Fsp3) is 0.786. The van der Waals surface area contributed by atoms with Crippen molar-refractivity contribution >= 4 is 17.9 Å². The highest BCUT2D eigenvalue weighted by molar-refractivity contribution is 5.86. The Morgan fingerprint density at radius 1 is 1.20 bits per heavy atom. The van der Waals surface area contributed by atoms with Gasteiger partial charge in [-0.15, -0.1) is 0 Å². The molecule has 1 aliphatic heterocycles. The van der Waals surface area contributed by atoms with E-state index in [0.29, 0.717) is 0 Å². The molecule has 1 heterocycles. The Kier molecular flexibility index (Phi) is 7.86. The van der Waals surface area contributed by atoms with Crippen LogP contribution < -0.4 is 11.5 Å². The summed E-state index contributed by atoms with van der Waals surface area (Å²) in [6.07, 6.45) is -6.42. The third-order valence-electron chi connectivity index (χ3n) is 3.45. The van der Waals surface area contributed by atoms with Gasteiger partial charge >= 0.3 is 17.9 Å². The van der Waals surface area contributed by atoms with E-state index >= 15 is 0 Å². The normalized spacial score (nSPS) is 31.7. The van der Waals surface area contributed by atoms with E-state index in [1.807, 2.05) is 0 Å². The lowest BCUT2D eigenvalue weighted by Crippen LogP contribution is -2.65. The Hall–Kier alpha value is -1.63. The van der Waals surface area contributed by atoms with Crippen molar-refractivity contribution in [3.63, 3.8) is 0 Å². The van der Waals surface area contributed by atoms with Gasteiger partial charge in [0.15, 0.2) is 18.5 Å². The van der Waals surface area contributed by atoms with Gasteiger partial charge in [0.05, 0.1) is 12.6 Å². The SMILES string of the molecule is CC(=O)OC(=O)C(C)O[C@@H]1[C@@H](N)[C@@H](O)O[C@H](CO)[C@H]1OC(=O)[C@H](C)N. The zero-order valence-electron chi connectivity index (χ0n) is 14.2. The van der Waals surface area contributed by atoms with Crippen molar-refractivity contribution in [3.8, 4) is 0 Å². The van der Waals surface area contributed by atoms with Gasteiger partial charge < -0.3 is 40.6 Å². The van der Waals surface area contributed by atoms with Gasteiger partial charge in [-0.1, -0.05) is 0 Å². The minimum atomic E-state index is -1.54. The Bertz CT molecular complexity index is 499. The van der Waals surface area contributed by atoms with Gasteiger partial charge in [0.2, 0.25) is 0 Å². The van der Waals surface area contributed by atoms with Gasteiger partial charge in [-0.3, -0.25) is 9.59 Å². The van der Waals surface area contributed by atoms with Gasteiger partial charge in [0, 0.05) is 6.92 Å². The molecular weight excluding hydrogens is 340 g/mol. The smallest absolute Gasteiger partial charge is 0.342 e. The average Bonchev–Trinajstić information content (AvgIpc) is 2.52. The highest BCUT2D eigenvalue weighted by Crippen LogP contribution is 2.25. The lowest BCUT2D eigenvalue weighted by atomic mass is 9.97. The number of hydrogen-bond acceptors (Lipinski definition) is 11. The molecule has 144 valence electrons. The predicted molar refractivity (Wildman–Crippen MR) is 80.6 cm³/mol. The van der Waals surface area contributed by atoms with E-state index in [2.05, 4.69) is 4.74 Å². The molecule has 0 aromatic rings. The van der Waals surface area contributed by atoms with Gasteiger partial charge in [-0.05, 0) is 13.8 Å². The van der Waals surface area contributed by atoms with Gasteiger partial charge in [0.1, 0.15) is 18.2 Å². The maximum atomic E-state index is 11.8. The number of carbonyl (C=O) groups excluding carboxylic acids is 3. The topological polar surface area (TPSA) is 181 Å². The highest BCUT2D eigenvalue weighted by Gasteiger charge is 2.48. The number of nitrogens with two attached hydrogens (primary N) is 2. The summed E-state index contributed by atoms with van der Waals surface area (Å²) in [4.78, 5) is 34.4. The average molecular weight is 364 g/mol. The Labute approximate surface area is 144 Å². The van der Waals surface area contributed by atoms with Crippen LogP contribution in [0.2, 0.25) is 0 Å². The molecule has 1 saturated heterocycles. The predicted octanol–water partition coefficient (Wildman–Crippen LogP) is -2.85. The number of ether oxygens (including phenoxy) is 4. The van der Waals surface area contributed by atoms with Crippen molar-refractivity contribution in [1.82, 2.24) is 0 Å². The van der Waals surface area contributed by atoms with Crippen molar-refractivity contribution in [3.05, 3.63) is 0 Å². The third-order valence-corrected chi connectivity index (χ3v) is 3.45. The Morgan fingerprint density at radius 2 is 1.80 bits per heavy atom. The van der Waals surface area contributed by atoms with Crippen molar-refractivity contribution in [1.29, 1.82) is 0 Å². The maximum Gasteiger partial charge on any atom is 0.342 e. The zero-order valence-corrected chi connectivity index (χ0v) is 14.2. The Balaban J connectivity index is 2.98. The first-order valence-electron chi connectivity index (χ1n) is 7.62. The minimum absolute atomic E-state index is 0.618. The second-order valence-electron chi connectivity index (χ2n) is 5.67. The fourth-order valence-corrected chi connectivity index (χ4v) is 2.16. The summed E-state index contributed by atoms with van der Waals surface area (Å²) in [5, 5.41) is 19.2. The molecule has 0 radical (unpaired) electrons. The van der Waals surface area contributed by atoms with Crippen molar-refractivity contribution in [2.75, 3.05) is 6.61 Å². The lowest BCUT2D eigenvalue weighted by molar-refractivity contribution is -0.268. The third kappa shape index (κ3) is 5.70. The van der Waals surface area contributed by atoms with Crippen LogP contribution in [-0.2, 0) is 33.3 Å². The van der Waals surface area contributed by atoms with E-state index in [9.17, 15) is 24.6 Å². The molecule has 1 unspecified atom stereocenters. The van der Waals surface area contributed by atoms with E-state index in [1.165, 1.54) is 13.8 Å². The van der Waals surface area contributed by atoms with Crippen LogP contribution >= 0.6 is 0 Å². The van der Waals surface area contributed by atoms with Crippen molar-refractivity contribution in [2.45, 2.75) is 63.6 Å². The molecule has 0 aliphatic carbocycles. The summed E-state index contributed by atoms with van der Waals surface area (Å²) in [6.45, 7) is 3.10. The van der Waals surface area contributed by atoms with E-state index in [4.69, 9.17) is 25.7 Å². The summed E-state index contributed by atoms with van der Waals surface area (Å²) in [6, 6.07) is -2.18. The number of carbonyl (C=O) groups is 3. The quantitative estimate of drug-likeness (QED) is 0.281. The van der Waals surface area contributed by atoms with E-state index < -0.39 is 67.3 Å². The van der Waals surface area contributed by atoms with Crippen LogP contribution in [0.5, 0.6) is 0 Å². The number of aliphatic hydroxyl groups excluding tert-OH is 2. The molecule has 7 atom stereocenters. The number of hydrogen-bond donors (Lipinski definition) is 4. The molecule has 25 heavy (non-hydrogen) atoms. The van der Waals surface area contributed by atoms with Crippen molar-refractivity contribution in [2.24, 2.45) is 11.5 Å². The van der Waals surface area contributed by atoms with Crippen LogP contribution in [0.4, 0.5) is 0 Å². The first-order chi connectivity index (χ1) is 11.6. The van der Waals surface area contributed by atoms with E-state index in [1.54, 1.807) is 0 Å². The van der Waals surface area contributed by atoms with Gasteiger partial charge in [-0.25, -0.2) is 4.79 Å². The molecule has 0 aromatic heterocycles. The summed E-state index contributed by atoms with van der Waals surface area (Å²) < 4.78 is 20.1. The molecule has 0 amide bonds. The van der Waals surface area contributed by atoms with Crippen LogP contribution in [0.25, 0.3) is 0 Å². The molecule has 6 N–H and O–H groups in total. The lowest BCUT2D eigenvalue weighted by Gasteiger charge is -2.43. The molecule has 0 saturated carbocycles. The molecule has 1 aliphatic rings. The first kappa shape index (κ1) is 21.4. The van der Waals surface area contributed by atoms with E-state index in [0.717, 1.165) is 6.92 Å². The Morgan fingerprint density at radius 3 is 2.28 bits per heavy atom. The van der Waals surface area contributed by atoms with Gasteiger partial charge in [0.25, 0.3) is 0 Å². The standard InChI is InChI=1S/C14H24N2O9/c1-5(15)12(19)25-10-8(4-17)24-14(21)9(16)11(10)22-6(2)13(20)23-7(3)18/h5-6,8-11,14,17,21H,4,15-16H2,1-3H3/t5-,6?,8+,9+,10+,11+,14-/m0/s1. The zero-order chi connectivity index (χ0) is 19.3. The molecule has 0 bridgehead atoms. The summed E-state index contributed by atoms with van der Waals surface area (Å²) >= 11 is 0. The van der Waals surface area contributed by atoms with Gasteiger partial charge in [-0.2, -0.15) is 0 Å². The second-order valence-corrected chi connectivity index (χ2v) is 5.67. The summed E-state index contributed by atoms with van der Waals surface area (Å²) in [5.74, 6) is -2.63. The summed E-state index contributed by atoms with van der Waals surface area (Å²) in [5.41, 5.74) is 11.2. The molecule has 1 fully saturated rings. The molecular formula is C14H24N2O9. The number of rotatable bonds is 6. The molecule has 0 spiro atoms. The number of esters is 3. The van der Waals surface area contributed by atoms with Crippen LogP contribution in [0, 0.1) is 0 Å². The molecule has 0 aromatic carbocycles. The summed E-state index contributed by atoms with van der Waals surface area (Å²) in [7, 11) is 0. The van der Waals surface area contributed by atoms with Crippen LogP contribution in [0.15, 0.2) is 0 Å². The first-order valence-corrected chi connectivity index (χ1v) is 7.62. The van der Waals surface area contributed by atoms with E-state index in [-0.39, 0.29) is 0 Å². The minimum Gasteiger partial charge on any atom is -0.455 e. The van der Waals surface area contributed by atoms with Crippen LogP contribution in [-0.4, -0.2) is 77.5 Å². The van der Waals surface area contributed by atoms with Crippen LogP contribution in [0.1, 0.15) is 20.8 Å². The van der Waals surface area contributed by atoms with Crippen LogP contribution in [0.3, 0.4) is 0 Å². The molecule has 11 nitrogen and oxygen atoms in total. The largest absolute Gasteiger partial charge is 0.455 e. The van der Waals surface area contributed by atoms with Crippen molar-refractivity contribution < 1.29 is 43.5 Å².